The van der Waals surface area contributed by atoms with Crippen LogP contribution in [0.3, 0.4) is 0 Å². The standard InChI is InChI=1S/C16H17F2N/c1-2-16(19,13-7-5-8-14(17)10-13)11-12-6-3-4-9-15(12)18/h3-10H,2,11,19H2,1H3. The Labute approximate surface area is 112 Å². The highest BCUT2D eigenvalue weighted by molar-refractivity contribution is 5.29. The zero-order chi connectivity index (χ0) is 13.9. The maximum atomic E-state index is 13.7. The van der Waals surface area contributed by atoms with Gasteiger partial charge in [-0.25, -0.2) is 8.78 Å². The van der Waals surface area contributed by atoms with Crippen molar-refractivity contribution < 1.29 is 8.78 Å². The van der Waals surface area contributed by atoms with Crippen LogP contribution >= 0.6 is 0 Å². The topological polar surface area (TPSA) is 26.0 Å². The minimum Gasteiger partial charge on any atom is -0.321 e. The quantitative estimate of drug-likeness (QED) is 0.890. The average molecular weight is 261 g/mol. The molecule has 2 N–H and O–H groups in total. The molecule has 0 aliphatic carbocycles. The molecule has 0 aliphatic rings. The third kappa shape index (κ3) is 2.99. The first-order chi connectivity index (χ1) is 9.05. The molecule has 0 saturated carbocycles. The van der Waals surface area contributed by atoms with E-state index in [9.17, 15) is 8.78 Å². The molecule has 1 nitrogen and oxygen atoms in total. The van der Waals surface area contributed by atoms with Crippen LogP contribution in [0.4, 0.5) is 8.78 Å². The molecule has 19 heavy (non-hydrogen) atoms. The van der Waals surface area contributed by atoms with E-state index < -0.39 is 5.54 Å². The third-order valence-electron chi connectivity index (χ3n) is 3.49. The van der Waals surface area contributed by atoms with E-state index in [0.29, 0.717) is 24.0 Å². The molecule has 0 aliphatic heterocycles. The van der Waals surface area contributed by atoms with Crippen molar-refractivity contribution in [1.82, 2.24) is 0 Å². The van der Waals surface area contributed by atoms with Crippen molar-refractivity contribution in [3.8, 4) is 0 Å². The Morgan fingerprint density at radius 3 is 2.42 bits per heavy atom. The van der Waals surface area contributed by atoms with Gasteiger partial charge in [0, 0.05) is 5.54 Å². The Morgan fingerprint density at radius 1 is 1.05 bits per heavy atom. The lowest BCUT2D eigenvalue weighted by Gasteiger charge is -2.29. The van der Waals surface area contributed by atoms with E-state index in [1.165, 1.54) is 18.2 Å². The predicted molar refractivity (Wildman–Crippen MR) is 72.7 cm³/mol. The van der Waals surface area contributed by atoms with Gasteiger partial charge < -0.3 is 5.73 Å². The molecule has 0 aromatic heterocycles. The number of benzene rings is 2. The van der Waals surface area contributed by atoms with Gasteiger partial charge in [-0.1, -0.05) is 37.3 Å². The summed E-state index contributed by atoms with van der Waals surface area (Å²) in [5.41, 5.74) is 6.84. The third-order valence-corrected chi connectivity index (χ3v) is 3.49. The fraction of sp³-hybridized carbons (Fsp3) is 0.250. The molecule has 0 amide bonds. The van der Waals surface area contributed by atoms with Crippen LogP contribution in [0.2, 0.25) is 0 Å². The maximum Gasteiger partial charge on any atom is 0.126 e. The summed E-state index contributed by atoms with van der Waals surface area (Å²) < 4.78 is 27.0. The first kappa shape index (κ1) is 13.7. The van der Waals surface area contributed by atoms with Crippen LogP contribution in [-0.4, -0.2) is 0 Å². The Balaban J connectivity index is 2.36. The minimum absolute atomic E-state index is 0.276. The molecule has 100 valence electrons. The summed E-state index contributed by atoms with van der Waals surface area (Å²) in [5, 5.41) is 0. The van der Waals surface area contributed by atoms with E-state index in [4.69, 9.17) is 5.73 Å². The molecule has 0 bridgehead atoms. The molecule has 1 unspecified atom stereocenters. The Hall–Kier alpha value is -1.74. The zero-order valence-electron chi connectivity index (χ0n) is 10.9. The number of hydrogen-bond acceptors (Lipinski definition) is 1. The smallest absolute Gasteiger partial charge is 0.126 e. The van der Waals surface area contributed by atoms with Gasteiger partial charge in [0.05, 0.1) is 0 Å². The van der Waals surface area contributed by atoms with E-state index in [2.05, 4.69) is 0 Å². The summed E-state index contributed by atoms with van der Waals surface area (Å²) in [7, 11) is 0. The molecule has 3 heteroatoms. The lowest BCUT2D eigenvalue weighted by Crippen LogP contribution is -2.38. The summed E-state index contributed by atoms with van der Waals surface area (Å²) in [6.45, 7) is 1.92. The summed E-state index contributed by atoms with van der Waals surface area (Å²) in [6, 6.07) is 12.8. The SMILES string of the molecule is CCC(N)(Cc1ccccc1F)c1cccc(F)c1. The fourth-order valence-corrected chi connectivity index (χ4v) is 2.21. The first-order valence-corrected chi connectivity index (χ1v) is 6.33. The maximum absolute atomic E-state index is 13.7. The largest absolute Gasteiger partial charge is 0.321 e. The lowest BCUT2D eigenvalue weighted by molar-refractivity contribution is 0.413. The fourth-order valence-electron chi connectivity index (χ4n) is 2.21. The first-order valence-electron chi connectivity index (χ1n) is 6.33. The number of nitrogens with two attached hydrogens (primary N) is 1. The van der Waals surface area contributed by atoms with E-state index >= 15 is 0 Å². The van der Waals surface area contributed by atoms with Gasteiger partial charge in [-0.15, -0.1) is 0 Å². The van der Waals surface area contributed by atoms with Crippen LogP contribution in [0.1, 0.15) is 24.5 Å². The van der Waals surface area contributed by atoms with Gasteiger partial charge in [-0.2, -0.15) is 0 Å². The Kier molecular flexibility index (Phi) is 3.96. The van der Waals surface area contributed by atoms with Crippen LogP contribution in [0.15, 0.2) is 48.5 Å². The molecule has 0 spiro atoms. The number of hydrogen-bond donors (Lipinski definition) is 1. The summed E-state index contributed by atoms with van der Waals surface area (Å²) in [5.74, 6) is -0.600. The highest BCUT2D eigenvalue weighted by atomic mass is 19.1. The molecule has 0 heterocycles. The van der Waals surface area contributed by atoms with Crippen LogP contribution in [0.25, 0.3) is 0 Å². The van der Waals surface area contributed by atoms with Crippen molar-refractivity contribution in [2.75, 3.05) is 0 Å². The molecule has 0 saturated heterocycles. The molecule has 1 atom stereocenters. The number of halogens is 2. The summed E-state index contributed by atoms with van der Waals surface area (Å²) >= 11 is 0. The zero-order valence-corrected chi connectivity index (χ0v) is 10.9. The lowest BCUT2D eigenvalue weighted by atomic mass is 9.82. The van der Waals surface area contributed by atoms with Crippen LogP contribution in [0, 0.1) is 11.6 Å². The Bertz CT molecular complexity index is 568. The molecule has 0 radical (unpaired) electrons. The molecule has 0 fully saturated rings. The van der Waals surface area contributed by atoms with E-state index in [0.717, 1.165) is 0 Å². The monoisotopic (exact) mass is 261 g/mol. The molecule has 2 aromatic rings. The van der Waals surface area contributed by atoms with Crippen LogP contribution in [-0.2, 0) is 12.0 Å². The van der Waals surface area contributed by atoms with Crippen LogP contribution in [0.5, 0.6) is 0 Å². The van der Waals surface area contributed by atoms with Gasteiger partial charge in [0.1, 0.15) is 11.6 Å². The highest BCUT2D eigenvalue weighted by Crippen LogP contribution is 2.28. The van der Waals surface area contributed by atoms with Gasteiger partial charge in [-0.05, 0) is 42.2 Å². The van der Waals surface area contributed by atoms with E-state index in [1.807, 2.05) is 6.92 Å². The van der Waals surface area contributed by atoms with Crippen molar-refractivity contribution in [2.24, 2.45) is 5.73 Å². The summed E-state index contributed by atoms with van der Waals surface area (Å²) in [6.07, 6.45) is 0.949. The summed E-state index contributed by atoms with van der Waals surface area (Å²) in [4.78, 5) is 0. The second-order valence-corrected chi connectivity index (χ2v) is 4.79. The van der Waals surface area contributed by atoms with Crippen molar-refractivity contribution in [3.63, 3.8) is 0 Å². The van der Waals surface area contributed by atoms with E-state index in [-0.39, 0.29) is 11.6 Å². The second kappa shape index (κ2) is 5.49. The molecule has 2 rings (SSSR count). The highest BCUT2D eigenvalue weighted by Gasteiger charge is 2.27. The van der Waals surface area contributed by atoms with Crippen LogP contribution < -0.4 is 5.73 Å². The molecule has 2 aromatic carbocycles. The van der Waals surface area contributed by atoms with Crippen molar-refractivity contribution in [3.05, 3.63) is 71.3 Å². The van der Waals surface area contributed by atoms with Gasteiger partial charge >= 0.3 is 0 Å². The average Bonchev–Trinajstić information content (AvgIpc) is 2.41. The second-order valence-electron chi connectivity index (χ2n) is 4.79. The van der Waals surface area contributed by atoms with Gasteiger partial charge in [0.15, 0.2) is 0 Å². The predicted octanol–water partition coefficient (Wildman–Crippen LogP) is 3.77. The van der Waals surface area contributed by atoms with Gasteiger partial charge in [-0.3, -0.25) is 0 Å². The minimum atomic E-state index is -0.760. The number of rotatable bonds is 4. The van der Waals surface area contributed by atoms with E-state index in [1.54, 1.807) is 30.3 Å². The molecular formula is C16H17F2N. The van der Waals surface area contributed by atoms with Crippen molar-refractivity contribution in [1.29, 1.82) is 0 Å². The Morgan fingerprint density at radius 2 is 1.79 bits per heavy atom. The molecular weight excluding hydrogens is 244 g/mol. The van der Waals surface area contributed by atoms with Crippen molar-refractivity contribution in [2.45, 2.75) is 25.3 Å². The normalized spacial score (nSPS) is 14.1. The van der Waals surface area contributed by atoms with Gasteiger partial charge in [0.25, 0.3) is 0 Å². The van der Waals surface area contributed by atoms with Gasteiger partial charge in [0.2, 0.25) is 0 Å². The van der Waals surface area contributed by atoms with Crippen molar-refractivity contribution >= 4 is 0 Å².